The van der Waals surface area contributed by atoms with E-state index in [0.29, 0.717) is 31.7 Å². The Labute approximate surface area is 111 Å². The molecule has 0 rings (SSSR count). The van der Waals surface area contributed by atoms with Crippen LogP contribution in [0.1, 0.15) is 51.9 Å². The second-order valence-electron chi connectivity index (χ2n) is 5.04. The molecule has 0 radical (unpaired) electrons. The molecule has 0 heterocycles. The molecule has 1 atom stereocenters. The summed E-state index contributed by atoms with van der Waals surface area (Å²) in [5.74, 6) is 0.829. The van der Waals surface area contributed by atoms with E-state index in [0.717, 1.165) is 25.7 Å². The van der Waals surface area contributed by atoms with Crippen molar-refractivity contribution in [3.05, 3.63) is 0 Å². The molecule has 4 nitrogen and oxygen atoms in total. The Morgan fingerprint density at radius 3 is 2.33 bits per heavy atom. The second kappa shape index (κ2) is 9.50. The molecule has 5 heteroatoms. The molecule has 18 heavy (non-hydrogen) atoms. The van der Waals surface area contributed by atoms with Gasteiger partial charge in [0.25, 0.3) is 0 Å². The number of nitrogens with two attached hydrogens (primary N) is 1. The lowest BCUT2D eigenvalue weighted by Crippen LogP contribution is -2.11. The molecular formula is C13H27NO3S. The van der Waals surface area contributed by atoms with Crippen molar-refractivity contribution in [2.24, 2.45) is 11.7 Å². The van der Waals surface area contributed by atoms with Crippen LogP contribution in [-0.2, 0) is 14.6 Å². The molecule has 0 saturated heterocycles. The third-order valence-corrected chi connectivity index (χ3v) is 4.10. The Kier molecular flexibility index (Phi) is 9.28. The van der Waals surface area contributed by atoms with E-state index in [1.165, 1.54) is 6.26 Å². The summed E-state index contributed by atoms with van der Waals surface area (Å²) >= 11 is 0. The van der Waals surface area contributed by atoms with E-state index in [4.69, 9.17) is 5.73 Å². The molecule has 108 valence electrons. The van der Waals surface area contributed by atoms with Gasteiger partial charge in [-0.1, -0.05) is 19.8 Å². The van der Waals surface area contributed by atoms with Crippen molar-refractivity contribution in [1.29, 1.82) is 0 Å². The minimum absolute atomic E-state index is 0.111. The number of carbonyl (C=O) groups excluding carboxylic acids is 1. The number of hydrogen-bond acceptors (Lipinski definition) is 4. The monoisotopic (exact) mass is 277 g/mol. The Morgan fingerprint density at radius 2 is 1.83 bits per heavy atom. The van der Waals surface area contributed by atoms with Gasteiger partial charge in [0.15, 0.2) is 0 Å². The number of ketones is 1. The highest BCUT2D eigenvalue weighted by Gasteiger charge is 2.11. The average molecular weight is 277 g/mol. The van der Waals surface area contributed by atoms with Crippen LogP contribution in [0.25, 0.3) is 0 Å². The molecule has 0 aromatic carbocycles. The normalized spacial score (nSPS) is 13.5. The van der Waals surface area contributed by atoms with Gasteiger partial charge in [0.2, 0.25) is 0 Å². The first-order valence-electron chi connectivity index (χ1n) is 6.78. The molecule has 0 fully saturated rings. The van der Waals surface area contributed by atoms with Gasteiger partial charge in [-0.25, -0.2) is 8.42 Å². The molecule has 0 bridgehead atoms. The van der Waals surface area contributed by atoms with Crippen LogP contribution in [-0.4, -0.2) is 32.8 Å². The molecule has 0 saturated carbocycles. The maximum Gasteiger partial charge on any atom is 0.147 e. The molecule has 0 aliphatic heterocycles. The van der Waals surface area contributed by atoms with E-state index >= 15 is 0 Å². The fraction of sp³-hybridized carbons (Fsp3) is 0.923. The van der Waals surface area contributed by atoms with Crippen LogP contribution in [0.2, 0.25) is 0 Å². The summed E-state index contributed by atoms with van der Waals surface area (Å²) in [5, 5.41) is 0. The summed E-state index contributed by atoms with van der Waals surface area (Å²) in [4.78, 5) is 11.6. The van der Waals surface area contributed by atoms with Gasteiger partial charge in [-0.3, -0.25) is 4.79 Å². The van der Waals surface area contributed by atoms with E-state index in [-0.39, 0.29) is 11.5 Å². The Balaban J connectivity index is 3.80. The first-order valence-corrected chi connectivity index (χ1v) is 8.84. The van der Waals surface area contributed by atoms with Gasteiger partial charge in [0.1, 0.15) is 15.6 Å². The highest BCUT2D eigenvalue weighted by atomic mass is 32.2. The zero-order chi connectivity index (χ0) is 14.0. The van der Waals surface area contributed by atoms with Crippen molar-refractivity contribution in [1.82, 2.24) is 0 Å². The lowest BCUT2D eigenvalue weighted by atomic mass is 9.93. The summed E-state index contributed by atoms with van der Waals surface area (Å²) < 4.78 is 21.8. The fourth-order valence-corrected chi connectivity index (χ4v) is 2.77. The van der Waals surface area contributed by atoms with E-state index in [1.807, 2.05) is 0 Å². The van der Waals surface area contributed by atoms with Crippen molar-refractivity contribution >= 4 is 15.6 Å². The molecule has 0 aromatic heterocycles. The summed E-state index contributed by atoms with van der Waals surface area (Å²) in [5.41, 5.74) is 5.54. The minimum Gasteiger partial charge on any atom is -0.330 e. The highest BCUT2D eigenvalue weighted by Crippen LogP contribution is 2.17. The Morgan fingerprint density at radius 1 is 1.17 bits per heavy atom. The Hall–Kier alpha value is -0.420. The zero-order valence-corrected chi connectivity index (χ0v) is 12.5. The van der Waals surface area contributed by atoms with Gasteiger partial charge < -0.3 is 5.73 Å². The Bertz CT molecular complexity index is 319. The van der Waals surface area contributed by atoms with E-state index in [2.05, 4.69) is 6.92 Å². The predicted octanol–water partition coefficient (Wildman–Crippen LogP) is 1.93. The molecule has 0 aromatic rings. The molecule has 0 amide bonds. The van der Waals surface area contributed by atoms with Crippen LogP contribution in [0.4, 0.5) is 0 Å². The maximum absolute atomic E-state index is 11.6. The van der Waals surface area contributed by atoms with Gasteiger partial charge in [-0.2, -0.15) is 0 Å². The lowest BCUT2D eigenvalue weighted by molar-refractivity contribution is -0.119. The number of carbonyl (C=O) groups is 1. The molecular weight excluding hydrogens is 250 g/mol. The summed E-state index contributed by atoms with van der Waals surface area (Å²) in [7, 11) is -2.94. The molecule has 0 aliphatic rings. The third kappa shape index (κ3) is 10.7. The van der Waals surface area contributed by atoms with E-state index < -0.39 is 9.84 Å². The van der Waals surface area contributed by atoms with Crippen molar-refractivity contribution in [2.45, 2.75) is 51.9 Å². The van der Waals surface area contributed by atoms with Gasteiger partial charge in [0.05, 0.1) is 5.75 Å². The minimum atomic E-state index is -2.94. The number of rotatable bonds is 11. The van der Waals surface area contributed by atoms with Gasteiger partial charge in [-0.05, 0) is 31.7 Å². The fourth-order valence-electron chi connectivity index (χ4n) is 2.10. The first kappa shape index (κ1) is 17.6. The van der Waals surface area contributed by atoms with Gasteiger partial charge >= 0.3 is 0 Å². The van der Waals surface area contributed by atoms with E-state index in [1.54, 1.807) is 0 Å². The zero-order valence-electron chi connectivity index (χ0n) is 11.7. The summed E-state index contributed by atoms with van der Waals surface area (Å²) in [6.07, 6.45) is 6.71. The van der Waals surface area contributed by atoms with Crippen LogP contribution < -0.4 is 5.73 Å². The summed E-state index contributed by atoms with van der Waals surface area (Å²) in [6, 6.07) is 0. The van der Waals surface area contributed by atoms with Crippen LogP contribution in [0.15, 0.2) is 0 Å². The quantitative estimate of drug-likeness (QED) is 0.626. The largest absolute Gasteiger partial charge is 0.330 e. The summed E-state index contributed by atoms with van der Waals surface area (Å²) in [6.45, 7) is 2.81. The molecule has 1 unspecified atom stereocenters. The van der Waals surface area contributed by atoms with Crippen LogP contribution in [0.3, 0.4) is 0 Å². The van der Waals surface area contributed by atoms with Crippen LogP contribution in [0.5, 0.6) is 0 Å². The van der Waals surface area contributed by atoms with Crippen LogP contribution in [0, 0.1) is 5.92 Å². The maximum atomic E-state index is 11.6. The van der Waals surface area contributed by atoms with Crippen molar-refractivity contribution < 1.29 is 13.2 Å². The first-order chi connectivity index (χ1) is 8.39. The number of Topliss-reactive ketones (excluding diaryl/α,β-unsaturated/α-hetero) is 1. The average Bonchev–Trinajstić information content (AvgIpc) is 2.25. The van der Waals surface area contributed by atoms with Gasteiger partial charge in [0, 0.05) is 19.1 Å². The highest BCUT2D eigenvalue weighted by molar-refractivity contribution is 7.90. The SMILES string of the molecule is CCCC(CCN)CCC(=O)CCCS(C)(=O)=O. The van der Waals surface area contributed by atoms with Crippen molar-refractivity contribution in [3.8, 4) is 0 Å². The van der Waals surface area contributed by atoms with E-state index in [9.17, 15) is 13.2 Å². The smallest absolute Gasteiger partial charge is 0.147 e. The van der Waals surface area contributed by atoms with Crippen molar-refractivity contribution in [3.63, 3.8) is 0 Å². The lowest BCUT2D eigenvalue weighted by Gasteiger charge is -2.14. The van der Waals surface area contributed by atoms with Crippen molar-refractivity contribution in [2.75, 3.05) is 18.6 Å². The standard InChI is InChI=1S/C13H27NO3S/c1-3-5-12(9-10-14)7-8-13(15)6-4-11-18(2,16)17/h12H,3-11,14H2,1-2H3. The third-order valence-electron chi connectivity index (χ3n) is 3.07. The van der Waals surface area contributed by atoms with Crippen LogP contribution >= 0.6 is 0 Å². The molecule has 0 aliphatic carbocycles. The number of sulfone groups is 1. The van der Waals surface area contributed by atoms with Gasteiger partial charge in [-0.15, -0.1) is 0 Å². The topological polar surface area (TPSA) is 77.2 Å². The molecule has 0 spiro atoms. The number of hydrogen-bond donors (Lipinski definition) is 1. The molecule has 2 N–H and O–H groups in total. The predicted molar refractivity (Wildman–Crippen MR) is 75.3 cm³/mol. The second-order valence-corrected chi connectivity index (χ2v) is 7.30.